The summed E-state index contributed by atoms with van der Waals surface area (Å²) in [4.78, 5) is 28.7. The fourth-order valence-electron chi connectivity index (χ4n) is 4.70. The van der Waals surface area contributed by atoms with Gasteiger partial charge in [0.25, 0.3) is 0 Å². The molecule has 0 bridgehead atoms. The molecule has 1 atom stereocenters. The Labute approximate surface area is 243 Å². The number of nitrogens with zero attached hydrogens (tertiary/aromatic N) is 2. The second-order valence-corrected chi connectivity index (χ2v) is 12.1. The lowest BCUT2D eigenvalue weighted by Gasteiger charge is -2.32. The minimum atomic E-state index is -3.60. The number of aryl methyl sites for hydroxylation is 1. The Balaban J connectivity index is 1.88. The second-order valence-electron chi connectivity index (χ2n) is 10.2. The van der Waals surface area contributed by atoms with Gasteiger partial charge in [-0.25, -0.2) is 12.8 Å². The van der Waals surface area contributed by atoms with Crippen molar-refractivity contribution >= 4 is 27.5 Å². The third-order valence-corrected chi connectivity index (χ3v) is 8.12. The van der Waals surface area contributed by atoms with E-state index in [2.05, 4.69) is 5.32 Å². The second kappa shape index (κ2) is 15.3. The van der Waals surface area contributed by atoms with Gasteiger partial charge in [-0.15, -0.1) is 0 Å². The number of benzene rings is 3. The van der Waals surface area contributed by atoms with Crippen molar-refractivity contribution in [2.75, 3.05) is 23.7 Å². The minimum absolute atomic E-state index is 0.0140. The molecule has 0 saturated heterocycles. The molecule has 0 saturated carbocycles. The topological polar surface area (TPSA) is 86.8 Å². The normalized spacial score (nSPS) is 12.0. The quantitative estimate of drug-likeness (QED) is 0.249. The lowest BCUT2D eigenvalue weighted by Crippen LogP contribution is -2.50. The molecule has 0 radical (unpaired) electrons. The molecule has 220 valence electrons. The van der Waals surface area contributed by atoms with Crippen molar-refractivity contribution in [2.24, 2.45) is 0 Å². The van der Waals surface area contributed by atoms with Gasteiger partial charge >= 0.3 is 0 Å². The molecule has 3 aromatic rings. The summed E-state index contributed by atoms with van der Waals surface area (Å²) in [6.07, 6.45) is 3.31. The van der Waals surface area contributed by atoms with Gasteiger partial charge in [0.1, 0.15) is 11.9 Å². The fourth-order valence-corrected chi connectivity index (χ4v) is 5.72. The van der Waals surface area contributed by atoms with E-state index in [9.17, 15) is 22.4 Å². The maximum Gasteiger partial charge on any atom is 0.243 e. The average Bonchev–Trinajstić information content (AvgIpc) is 2.94. The molecular weight excluding hydrogens is 541 g/mol. The van der Waals surface area contributed by atoms with E-state index in [0.29, 0.717) is 17.8 Å². The molecule has 0 fully saturated rings. The van der Waals surface area contributed by atoms with Crippen LogP contribution >= 0.6 is 0 Å². The molecule has 0 aliphatic heterocycles. The van der Waals surface area contributed by atoms with Gasteiger partial charge in [-0.1, -0.05) is 80.1 Å². The molecular formula is C32H40FN3O4S. The number of nitrogens with one attached hydrogen (secondary N) is 1. The molecule has 0 spiro atoms. The van der Waals surface area contributed by atoms with E-state index in [1.807, 2.05) is 56.3 Å². The van der Waals surface area contributed by atoms with Crippen LogP contribution in [0.1, 0.15) is 49.3 Å². The molecule has 9 heteroatoms. The number of sulfonamides is 1. The molecule has 3 rings (SSSR count). The zero-order valence-electron chi connectivity index (χ0n) is 24.1. The summed E-state index contributed by atoms with van der Waals surface area (Å²) in [5.41, 5.74) is 2.54. The van der Waals surface area contributed by atoms with E-state index < -0.39 is 21.9 Å². The number of carbonyl (C=O) groups is 2. The Morgan fingerprint density at radius 3 is 2.24 bits per heavy atom. The first kappa shape index (κ1) is 31.8. The van der Waals surface area contributed by atoms with Crippen molar-refractivity contribution in [2.45, 2.75) is 58.5 Å². The molecule has 2 amide bonds. The first-order valence-electron chi connectivity index (χ1n) is 14.0. The highest BCUT2D eigenvalue weighted by Gasteiger charge is 2.31. The maximum atomic E-state index is 14.8. The number of anilines is 1. The van der Waals surface area contributed by atoms with E-state index >= 15 is 0 Å². The predicted molar refractivity (Wildman–Crippen MR) is 161 cm³/mol. The number of carbonyl (C=O) groups excluding carboxylic acids is 2. The van der Waals surface area contributed by atoms with Crippen molar-refractivity contribution in [1.29, 1.82) is 0 Å². The number of hydrogen-bond donors (Lipinski definition) is 1. The van der Waals surface area contributed by atoms with Crippen molar-refractivity contribution in [1.82, 2.24) is 10.2 Å². The highest BCUT2D eigenvalue weighted by Crippen LogP contribution is 2.23. The molecule has 41 heavy (non-hydrogen) atoms. The van der Waals surface area contributed by atoms with Crippen LogP contribution in [0, 0.1) is 12.7 Å². The molecule has 7 nitrogen and oxygen atoms in total. The predicted octanol–water partition coefficient (Wildman–Crippen LogP) is 5.24. The third-order valence-electron chi connectivity index (χ3n) is 6.94. The van der Waals surface area contributed by atoms with Crippen LogP contribution in [0.4, 0.5) is 10.1 Å². The van der Waals surface area contributed by atoms with Crippen LogP contribution in [0.25, 0.3) is 0 Å². The first-order chi connectivity index (χ1) is 19.6. The zero-order valence-corrected chi connectivity index (χ0v) is 24.9. The van der Waals surface area contributed by atoms with Crippen LogP contribution in [-0.2, 0) is 32.6 Å². The Hall–Kier alpha value is -3.72. The summed E-state index contributed by atoms with van der Waals surface area (Å²) in [6, 6.07) is 21.9. The van der Waals surface area contributed by atoms with Crippen molar-refractivity contribution < 1.29 is 22.4 Å². The monoisotopic (exact) mass is 581 g/mol. The number of amides is 2. The Bertz CT molecular complexity index is 1400. The van der Waals surface area contributed by atoms with Crippen LogP contribution < -0.4 is 9.62 Å². The third kappa shape index (κ3) is 9.42. The molecule has 1 N–H and O–H groups in total. The van der Waals surface area contributed by atoms with Crippen LogP contribution in [0.3, 0.4) is 0 Å². The SMILES string of the molecule is CCCCNC(=O)[C@@H](Cc1ccccc1)N(Cc1ccccc1F)C(=O)CCCN(c1ccccc1C)S(C)(=O)=O. The van der Waals surface area contributed by atoms with E-state index in [0.717, 1.165) is 30.2 Å². The van der Waals surface area contributed by atoms with Gasteiger partial charge in [-0.3, -0.25) is 13.9 Å². The van der Waals surface area contributed by atoms with Gasteiger partial charge < -0.3 is 10.2 Å². The minimum Gasteiger partial charge on any atom is -0.354 e. The molecule has 0 aromatic heterocycles. The van der Waals surface area contributed by atoms with Crippen molar-refractivity contribution in [3.05, 3.63) is 101 Å². The number of halogens is 1. The average molecular weight is 582 g/mol. The zero-order chi connectivity index (χ0) is 29.8. The van der Waals surface area contributed by atoms with Gasteiger partial charge in [0.05, 0.1) is 11.9 Å². The lowest BCUT2D eigenvalue weighted by atomic mass is 10.0. The summed E-state index contributed by atoms with van der Waals surface area (Å²) in [7, 11) is -3.60. The molecule has 3 aromatic carbocycles. The number of rotatable bonds is 15. The van der Waals surface area contributed by atoms with E-state index in [-0.39, 0.29) is 44.2 Å². The maximum absolute atomic E-state index is 14.8. The van der Waals surface area contributed by atoms with E-state index in [1.165, 1.54) is 15.3 Å². The van der Waals surface area contributed by atoms with Gasteiger partial charge in [-0.05, 0) is 43.0 Å². The van der Waals surface area contributed by atoms with E-state index in [4.69, 9.17) is 0 Å². The van der Waals surface area contributed by atoms with Crippen molar-refractivity contribution in [3.63, 3.8) is 0 Å². The van der Waals surface area contributed by atoms with Gasteiger partial charge in [0, 0.05) is 38.0 Å². The number of unbranched alkanes of at least 4 members (excludes halogenated alkanes) is 1. The fraction of sp³-hybridized carbons (Fsp3) is 0.375. The smallest absolute Gasteiger partial charge is 0.243 e. The van der Waals surface area contributed by atoms with Crippen LogP contribution in [-0.4, -0.2) is 50.5 Å². The molecule has 0 unspecified atom stereocenters. The van der Waals surface area contributed by atoms with E-state index in [1.54, 1.807) is 30.3 Å². The Kier molecular flexibility index (Phi) is 11.9. The van der Waals surface area contributed by atoms with Crippen LogP contribution in [0.5, 0.6) is 0 Å². The highest BCUT2D eigenvalue weighted by atomic mass is 32.2. The summed E-state index contributed by atoms with van der Waals surface area (Å²) in [6.45, 7) is 4.34. The Morgan fingerprint density at radius 2 is 1.59 bits per heavy atom. The molecule has 0 aliphatic carbocycles. The van der Waals surface area contributed by atoms with Gasteiger partial charge in [0.2, 0.25) is 21.8 Å². The lowest BCUT2D eigenvalue weighted by molar-refractivity contribution is -0.141. The summed E-state index contributed by atoms with van der Waals surface area (Å²) in [5, 5.41) is 2.95. The highest BCUT2D eigenvalue weighted by molar-refractivity contribution is 7.92. The molecule has 0 aliphatic rings. The van der Waals surface area contributed by atoms with Gasteiger partial charge in [-0.2, -0.15) is 0 Å². The summed E-state index contributed by atoms with van der Waals surface area (Å²) in [5.74, 6) is -1.11. The number of hydrogen-bond acceptors (Lipinski definition) is 4. The van der Waals surface area contributed by atoms with Crippen molar-refractivity contribution in [3.8, 4) is 0 Å². The largest absolute Gasteiger partial charge is 0.354 e. The number of para-hydroxylation sites is 1. The van der Waals surface area contributed by atoms with Crippen LogP contribution in [0.15, 0.2) is 78.9 Å². The standard InChI is InChI=1S/C32H40FN3O4S/c1-4-5-21-34-32(38)30(23-26-15-7-6-8-16-26)35(24-27-17-10-11-18-28(27)33)31(37)20-13-22-36(41(3,39)40)29-19-12-9-14-25(29)2/h6-12,14-19,30H,4-5,13,20-24H2,1-3H3,(H,34,38)/t30-/m1/s1. The molecule has 0 heterocycles. The first-order valence-corrected chi connectivity index (χ1v) is 15.8. The summed E-state index contributed by atoms with van der Waals surface area (Å²) < 4.78 is 41.3. The Morgan fingerprint density at radius 1 is 0.927 bits per heavy atom. The van der Waals surface area contributed by atoms with Gasteiger partial charge in [0.15, 0.2) is 0 Å². The summed E-state index contributed by atoms with van der Waals surface area (Å²) >= 11 is 0. The van der Waals surface area contributed by atoms with Crippen LogP contribution in [0.2, 0.25) is 0 Å².